The number of aliphatic carboxylic acids is 3. The fourth-order valence-electron chi connectivity index (χ4n) is 11.6. The van der Waals surface area contributed by atoms with Crippen molar-refractivity contribution < 1.29 is 82.8 Å². The molecule has 592 valence electrons. The molecule has 32 nitrogen and oxygen atoms in total. The standard InChI is InChI=1S/C76H111N15O17/c1-3-47(2)65(75(106)89-61(45-51-31-33-52(92)34-32-51)73(104)87-59(43-48-21-7-4-8-22-48)72(103)88-60(44-49-23-9-5-10-24-49)74(105)90-62(76(107)108)46-50-25-11-6-12-26-50)91-71(102)58(36-38-64(95)96)86-70(101)57(35-37-63(93)94)85-69(100)56(30-16-20-42-80)84-68(99)55(29-15-19-41-79)83-67(98)54(28-14-18-40-78)82-66(97)53(81)27-13-17-39-77/h4-12,21-26,31-34,47,53-62,65,92H,3,13-20,27-30,35-46,77-81H2,1-2H3,(H,82,97)(H,83,98)(H,84,99)(H,85,100)(H,86,101)(H,87,104)(H,88,103)(H,89,106)(H,90,105)(H,91,102)(H,93,94)(H,95,96)(H,107,108)/t47-,53-,54-,55-,56-,57-,58-,59-,60-,61-,62-,65-/m0/s1. The number of aromatic hydroxyl groups is 1. The fourth-order valence-corrected chi connectivity index (χ4v) is 11.6. The number of carbonyl (C=O) groups is 13. The molecule has 0 radical (unpaired) electrons. The van der Waals surface area contributed by atoms with Crippen LogP contribution in [0.15, 0.2) is 115 Å². The molecule has 0 saturated carbocycles. The number of carbonyl (C=O) groups excluding carboxylic acids is 10. The molecule has 108 heavy (non-hydrogen) atoms. The highest BCUT2D eigenvalue weighted by Gasteiger charge is 2.38. The second kappa shape index (κ2) is 49.5. The molecule has 0 aliphatic rings. The highest BCUT2D eigenvalue weighted by molar-refractivity contribution is 5.99. The van der Waals surface area contributed by atoms with Crippen LogP contribution in [-0.2, 0) is 88.0 Å². The van der Waals surface area contributed by atoms with Gasteiger partial charge in [0.2, 0.25) is 59.1 Å². The van der Waals surface area contributed by atoms with E-state index in [1.54, 1.807) is 105 Å². The van der Waals surface area contributed by atoms with Crippen LogP contribution in [0, 0.1) is 5.92 Å². The summed E-state index contributed by atoms with van der Waals surface area (Å²) in [6.45, 7) is 4.34. The van der Waals surface area contributed by atoms with Crippen LogP contribution in [-0.4, -0.2) is 190 Å². The first-order chi connectivity index (χ1) is 51.7. The average Bonchev–Trinajstić information content (AvgIpc) is 0.841. The number of phenolic OH excluding ortho intramolecular Hbond substituents is 1. The van der Waals surface area contributed by atoms with Gasteiger partial charge in [0.1, 0.15) is 66.2 Å². The van der Waals surface area contributed by atoms with Gasteiger partial charge in [0, 0.05) is 38.5 Å². The smallest absolute Gasteiger partial charge is 0.326 e. The second-order valence-corrected chi connectivity index (χ2v) is 26.8. The molecule has 24 N–H and O–H groups in total. The van der Waals surface area contributed by atoms with Crippen LogP contribution < -0.4 is 81.8 Å². The van der Waals surface area contributed by atoms with Crippen LogP contribution in [0.4, 0.5) is 0 Å². The summed E-state index contributed by atoms with van der Waals surface area (Å²) in [6, 6.07) is 15.3. The predicted octanol–water partition coefficient (Wildman–Crippen LogP) is 0.214. The van der Waals surface area contributed by atoms with Crippen LogP contribution in [0.2, 0.25) is 0 Å². The fraction of sp³-hybridized carbons (Fsp3) is 0.513. The third-order valence-electron chi connectivity index (χ3n) is 18.1. The number of carboxylic acid groups (broad SMARTS) is 3. The first-order valence-corrected chi connectivity index (χ1v) is 36.9. The molecular formula is C76H111N15O17. The SMILES string of the molecule is CC[C@H](C)[C@H](NC(=O)[C@H](CCC(=O)O)NC(=O)[C@H](CCC(=O)O)NC(=O)[C@H](CCCCN)NC(=O)[C@H](CCCCN)NC(=O)[C@H](CCCCN)NC(=O)[C@@H](N)CCCCN)C(=O)N[C@@H](Cc1ccc(O)cc1)C(=O)N[C@@H](Cc1ccccc1)C(=O)N[C@@H](Cc1ccccc1)C(=O)N[C@@H](Cc1ccccc1)C(=O)O. The number of rotatable bonds is 53. The van der Waals surface area contributed by atoms with Crippen molar-refractivity contribution in [1.82, 2.24) is 53.2 Å². The number of nitrogens with two attached hydrogens (primary N) is 5. The largest absolute Gasteiger partial charge is 0.508 e. The summed E-state index contributed by atoms with van der Waals surface area (Å²) in [4.78, 5) is 182. The van der Waals surface area contributed by atoms with Crippen molar-refractivity contribution in [2.45, 2.75) is 215 Å². The van der Waals surface area contributed by atoms with Gasteiger partial charge in [-0.3, -0.25) is 57.5 Å². The van der Waals surface area contributed by atoms with Crippen LogP contribution in [0.3, 0.4) is 0 Å². The van der Waals surface area contributed by atoms with E-state index in [4.69, 9.17) is 28.7 Å². The lowest BCUT2D eigenvalue weighted by atomic mass is 9.96. The molecule has 12 atom stereocenters. The van der Waals surface area contributed by atoms with Crippen molar-refractivity contribution in [3.8, 4) is 5.75 Å². The molecular weight excluding hydrogens is 1390 g/mol. The van der Waals surface area contributed by atoms with E-state index in [-0.39, 0.29) is 76.6 Å². The number of nitrogens with one attached hydrogen (secondary N) is 10. The van der Waals surface area contributed by atoms with Crippen LogP contribution in [0.1, 0.15) is 145 Å². The molecule has 10 amide bonds. The minimum absolute atomic E-state index is 0.0141. The Balaban J connectivity index is 1.68. The minimum atomic E-state index is -1.81. The summed E-state index contributed by atoms with van der Waals surface area (Å²) in [7, 11) is 0. The zero-order valence-electron chi connectivity index (χ0n) is 61.6. The molecule has 0 aliphatic carbocycles. The van der Waals surface area contributed by atoms with E-state index in [2.05, 4.69) is 53.2 Å². The Kier molecular flexibility index (Phi) is 41.2. The molecule has 0 saturated heterocycles. The van der Waals surface area contributed by atoms with E-state index < -0.39 is 175 Å². The number of benzene rings is 4. The number of amides is 10. The summed E-state index contributed by atoms with van der Waals surface area (Å²) in [5, 5.41) is 66.6. The molecule has 0 unspecified atom stereocenters. The summed E-state index contributed by atoms with van der Waals surface area (Å²) in [5.41, 5.74) is 31.3. The Labute approximate surface area is 629 Å². The van der Waals surface area contributed by atoms with Crippen molar-refractivity contribution in [2.24, 2.45) is 34.6 Å². The van der Waals surface area contributed by atoms with Gasteiger partial charge in [0.05, 0.1) is 6.04 Å². The maximum atomic E-state index is 15.0. The first kappa shape index (κ1) is 90.0. The lowest BCUT2D eigenvalue weighted by Gasteiger charge is -2.30. The van der Waals surface area contributed by atoms with Crippen LogP contribution in [0.25, 0.3) is 0 Å². The molecule has 0 spiro atoms. The Morgan fingerprint density at radius 2 is 0.593 bits per heavy atom. The normalized spacial score (nSPS) is 14.4. The molecule has 32 heteroatoms. The van der Waals surface area contributed by atoms with Gasteiger partial charge in [-0.05, 0) is 150 Å². The first-order valence-electron chi connectivity index (χ1n) is 36.9. The predicted molar refractivity (Wildman–Crippen MR) is 402 cm³/mol. The zero-order valence-corrected chi connectivity index (χ0v) is 61.6. The van der Waals surface area contributed by atoms with Crippen LogP contribution in [0.5, 0.6) is 5.75 Å². The summed E-state index contributed by atoms with van der Waals surface area (Å²) in [6.07, 6.45) is 0.503. The second-order valence-electron chi connectivity index (χ2n) is 26.8. The van der Waals surface area contributed by atoms with E-state index >= 15 is 4.79 Å². The van der Waals surface area contributed by atoms with Crippen molar-refractivity contribution in [3.63, 3.8) is 0 Å². The molecule has 0 heterocycles. The number of carboxylic acids is 3. The molecule has 4 aromatic rings. The van der Waals surface area contributed by atoms with Gasteiger partial charge >= 0.3 is 17.9 Å². The molecule has 4 aromatic carbocycles. The number of phenols is 1. The van der Waals surface area contributed by atoms with Gasteiger partial charge in [0.15, 0.2) is 0 Å². The van der Waals surface area contributed by atoms with Gasteiger partial charge in [-0.2, -0.15) is 0 Å². The Hall–Kier alpha value is -10.4. The number of unbranched alkanes of at least 4 members (excludes halogenated alkanes) is 4. The van der Waals surface area contributed by atoms with Crippen LogP contribution >= 0.6 is 0 Å². The topological polar surface area (TPSA) is 553 Å². The quantitative estimate of drug-likeness (QED) is 0.0263. The summed E-state index contributed by atoms with van der Waals surface area (Å²) < 4.78 is 0. The Bertz CT molecular complexity index is 3510. The lowest BCUT2D eigenvalue weighted by Crippen LogP contribution is -2.62. The van der Waals surface area contributed by atoms with E-state index in [9.17, 15) is 78.0 Å². The lowest BCUT2D eigenvalue weighted by molar-refractivity contribution is -0.142. The highest BCUT2D eigenvalue weighted by atomic mass is 16.4. The summed E-state index contributed by atoms with van der Waals surface area (Å²) in [5.74, 6) is -14.3. The molecule has 0 bridgehead atoms. The minimum Gasteiger partial charge on any atom is -0.508 e. The summed E-state index contributed by atoms with van der Waals surface area (Å²) >= 11 is 0. The van der Waals surface area contributed by atoms with E-state index in [0.29, 0.717) is 86.7 Å². The van der Waals surface area contributed by atoms with Gasteiger partial charge in [0.25, 0.3) is 0 Å². The van der Waals surface area contributed by atoms with Crippen molar-refractivity contribution in [2.75, 3.05) is 26.2 Å². The van der Waals surface area contributed by atoms with Crippen molar-refractivity contribution >= 4 is 77.0 Å². The third kappa shape index (κ3) is 33.6. The van der Waals surface area contributed by atoms with E-state index in [0.717, 1.165) is 0 Å². The van der Waals surface area contributed by atoms with Gasteiger partial charge in [-0.25, -0.2) is 4.79 Å². The maximum absolute atomic E-state index is 15.0. The van der Waals surface area contributed by atoms with Crippen molar-refractivity contribution in [3.05, 3.63) is 138 Å². The third-order valence-corrected chi connectivity index (χ3v) is 18.1. The molecule has 4 rings (SSSR count). The van der Waals surface area contributed by atoms with E-state index in [1.165, 1.54) is 24.3 Å². The van der Waals surface area contributed by atoms with Gasteiger partial charge < -0.3 is 102 Å². The zero-order chi connectivity index (χ0) is 79.5. The van der Waals surface area contributed by atoms with Gasteiger partial charge in [-0.15, -0.1) is 0 Å². The number of hydrogen-bond donors (Lipinski definition) is 19. The molecule has 0 aliphatic heterocycles. The molecule has 0 fully saturated rings. The Morgan fingerprint density at radius 1 is 0.324 bits per heavy atom. The van der Waals surface area contributed by atoms with Gasteiger partial charge in [-0.1, -0.05) is 130 Å². The Morgan fingerprint density at radius 3 is 0.917 bits per heavy atom. The highest BCUT2D eigenvalue weighted by Crippen LogP contribution is 2.18. The van der Waals surface area contributed by atoms with E-state index in [1.807, 2.05) is 0 Å². The monoisotopic (exact) mass is 1510 g/mol. The maximum Gasteiger partial charge on any atom is 0.326 e. The molecule has 0 aromatic heterocycles. The van der Waals surface area contributed by atoms with Crippen molar-refractivity contribution in [1.29, 1.82) is 0 Å². The average molecular weight is 1510 g/mol. The number of hydrogen-bond acceptors (Lipinski definition) is 19.